The van der Waals surface area contributed by atoms with Crippen LogP contribution in [0.5, 0.6) is 0 Å². The largest absolute Gasteiger partial charge is 0.437 e. The third kappa shape index (κ3) is 4.74. The van der Waals surface area contributed by atoms with E-state index in [0.717, 1.165) is 18.6 Å². The van der Waals surface area contributed by atoms with Gasteiger partial charge < -0.3 is 14.2 Å². The number of piperazine rings is 1. The summed E-state index contributed by atoms with van der Waals surface area (Å²) in [5.41, 5.74) is 1.48. The van der Waals surface area contributed by atoms with E-state index in [1.807, 2.05) is 43.0 Å². The SMILES string of the molecule is CCN(CC)C(=O)CN1CCN(C(=O)/C=C/c2nc3ccccc3o2)CC1. The fourth-order valence-electron chi connectivity index (χ4n) is 3.20. The zero-order valence-electron chi connectivity index (χ0n) is 15.9. The van der Waals surface area contributed by atoms with E-state index >= 15 is 0 Å². The Balaban J connectivity index is 1.50. The number of nitrogens with zero attached hydrogens (tertiary/aromatic N) is 4. The van der Waals surface area contributed by atoms with Crippen molar-refractivity contribution in [2.75, 3.05) is 45.8 Å². The minimum absolute atomic E-state index is 0.0630. The Hall–Kier alpha value is -2.67. The third-order valence-electron chi connectivity index (χ3n) is 4.84. The minimum Gasteiger partial charge on any atom is -0.437 e. The zero-order chi connectivity index (χ0) is 19.2. The molecule has 0 atom stereocenters. The molecular weight excluding hydrogens is 344 g/mol. The second-order valence-corrected chi connectivity index (χ2v) is 6.52. The molecular formula is C20H26N4O3. The molecule has 144 valence electrons. The van der Waals surface area contributed by atoms with Crippen LogP contribution in [0.1, 0.15) is 19.7 Å². The van der Waals surface area contributed by atoms with Crippen LogP contribution in [0, 0.1) is 0 Å². The van der Waals surface area contributed by atoms with Crippen LogP contribution in [0.25, 0.3) is 17.2 Å². The molecule has 7 heteroatoms. The molecule has 27 heavy (non-hydrogen) atoms. The van der Waals surface area contributed by atoms with Gasteiger partial charge >= 0.3 is 0 Å². The average Bonchev–Trinajstić information content (AvgIpc) is 3.10. The summed E-state index contributed by atoms with van der Waals surface area (Å²) in [7, 11) is 0. The summed E-state index contributed by atoms with van der Waals surface area (Å²) in [6.07, 6.45) is 3.11. The first-order valence-electron chi connectivity index (χ1n) is 9.43. The van der Waals surface area contributed by atoms with Gasteiger partial charge in [0.15, 0.2) is 5.58 Å². The lowest BCUT2D eigenvalue weighted by Crippen LogP contribution is -2.51. The summed E-state index contributed by atoms with van der Waals surface area (Å²) in [4.78, 5) is 34.7. The molecule has 0 unspecified atom stereocenters. The summed E-state index contributed by atoms with van der Waals surface area (Å²) >= 11 is 0. The van der Waals surface area contributed by atoms with Crippen molar-refractivity contribution >= 4 is 29.0 Å². The maximum absolute atomic E-state index is 12.4. The van der Waals surface area contributed by atoms with Gasteiger partial charge in [-0.15, -0.1) is 0 Å². The molecule has 0 N–H and O–H groups in total. The Morgan fingerprint density at radius 2 is 1.85 bits per heavy atom. The fraction of sp³-hybridized carbons (Fsp3) is 0.450. The maximum Gasteiger partial charge on any atom is 0.246 e. The molecule has 0 spiro atoms. The monoisotopic (exact) mass is 370 g/mol. The maximum atomic E-state index is 12.4. The van der Waals surface area contributed by atoms with Crippen molar-refractivity contribution < 1.29 is 14.0 Å². The number of oxazole rings is 1. The first-order valence-corrected chi connectivity index (χ1v) is 9.43. The Kier molecular flexibility index (Phi) is 6.24. The molecule has 1 aromatic heterocycles. The molecule has 0 bridgehead atoms. The quantitative estimate of drug-likeness (QED) is 0.726. The van der Waals surface area contributed by atoms with Crippen LogP contribution in [-0.4, -0.2) is 77.3 Å². The van der Waals surface area contributed by atoms with Crippen LogP contribution >= 0.6 is 0 Å². The summed E-state index contributed by atoms with van der Waals surface area (Å²) in [6.45, 7) is 8.49. The van der Waals surface area contributed by atoms with Gasteiger partial charge in [-0.2, -0.15) is 0 Å². The summed E-state index contributed by atoms with van der Waals surface area (Å²) in [6, 6.07) is 7.50. The van der Waals surface area contributed by atoms with E-state index in [1.165, 1.54) is 6.08 Å². The molecule has 1 fully saturated rings. The molecule has 0 saturated carbocycles. The van der Waals surface area contributed by atoms with Crippen molar-refractivity contribution in [1.82, 2.24) is 19.7 Å². The Morgan fingerprint density at radius 1 is 1.15 bits per heavy atom. The highest BCUT2D eigenvalue weighted by Crippen LogP contribution is 2.15. The molecule has 2 amide bonds. The Bertz CT molecular complexity index is 784. The molecule has 1 saturated heterocycles. The van der Waals surface area contributed by atoms with Gasteiger partial charge in [-0.1, -0.05) is 12.1 Å². The van der Waals surface area contributed by atoms with Crippen molar-refractivity contribution in [2.45, 2.75) is 13.8 Å². The fourth-order valence-corrected chi connectivity index (χ4v) is 3.20. The average molecular weight is 370 g/mol. The van der Waals surface area contributed by atoms with E-state index < -0.39 is 0 Å². The molecule has 2 heterocycles. The van der Waals surface area contributed by atoms with Crippen LogP contribution in [0.4, 0.5) is 0 Å². The molecule has 3 rings (SSSR count). The lowest BCUT2D eigenvalue weighted by molar-refractivity contribution is -0.133. The van der Waals surface area contributed by atoms with Crippen molar-refractivity contribution in [3.05, 3.63) is 36.2 Å². The number of carbonyl (C=O) groups is 2. The van der Waals surface area contributed by atoms with Crippen molar-refractivity contribution in [3.63, 3.8) is 0 Å². The third-order valence-corrected chi connectivity index (χ3v) is 4.84. The number of rotatable bonds is 6. The molecule has 1 aliphatic rings. The van der Waals surface area contributed by atoms with E-state index in [1.54, 1.807) is 11.0 Å². The van der Waals surface area contributed by atoms with Crippen molar-refractivity contribution in [3.8, 4) is 0 Å². The van der Waals surface area contributed by atoms with Gasteiger partial charge in [0.2, 0.25) is 17.7 Å². The molecule has 2 aromatic rings. The molecule has 1 aromatic carbocycles. The van der Waals surface area contributed by atoms with Gasteiger partial charge in [0.05, 0.1) is 6.54 Å². The Morgan fingerprint density at radius 3 is 2.52 bits per heavy atom. The van der Waals surface area contributed by atoms with Crippen LogP contribution < -0.4 is 0 Å². The number of benzene rings is 1. The number of amides is 2. The van der Waals surface area contributed by atoms with E-state index in [0.29, 0.717) is 44.2 Å². The number of carbonyl (C=O) groups excluding carboxylic acids is 2. The minimum atomic E-state index is -0.0630. The standard InChI is InChI=1S/C20H26N4O3/c1-3-23(4-2)20(26)15-22-11-13-24(14-12-22)19(25)10-9-18-21-16-7-5-6-8-17(16)27-18/h5-10H,3-4,11-15H2,1-2H3/b10-9+. The number of para-hydroxylation sites is 2. The van der Waals surface area contributed by atoms with Crippen molar-refractivity contribution in [2.24, 2.45) is 0 Å². The molecule has 0 radical (unpaired) electrons. The van der Waals surface area contributed by atoms with Crippen LogP contribution in [0.15, 0.2) is 34.8 Å². The number of fused-ring (bicyclic) bond motifs is 1. The highest BCUT2D eigenvalue weighted by atomic mass is 16.3. The van der Waals surface area contributed by atoms with Gasteiger partial charge in [-0.3, -0.25) is 14.5 Å². The van der Waals surface area contributed by atoms with E-state index in [4.69, 9.17) is 4.42 Å². The van der Waals surface area contributed by atoms with E-state index in [2.05, 4.69) is 9.88 Å². The molecule has 1 aliphatic heterocycles. The number of hydrogen-bond acceptors (Lipinski definition) is 5. The van der Waals surface area contributed by atoms with Crippen LogP contribution in [-0.2, 0) is 9.59 Å². The number of hydrogen-bond donors (Lipinski definition) is 0. The predicted molar refractivity (Wildman–Crippen MR) is 104 cm³/mol. The van der Waals surface area contributed by atoms with Gasteiger partial charge in [0, 0.05) is 51.4 Å². The van der Waals surface area contributed by atoms with Gasteiger partial charge in [-0.25, -0.2) is 4.98 Å². The Labute approximate surface area is 159 Å². The number of aromatic nitrogens is 1. The second-order valence-electron chi connectivity index (χ2n) is 6.52. The lowest BCUT2D eigenvalue weighted by Gasteiger charge is -2.34. The van der Waals surface area contributed by atoms with Crippen molar-refractivity contribution in [1.29, 1.82) is 0 Å². The first-order chi connectivity index (χ1) is 13.1. The van der Waals surface area contributed by atoms with Crippen LogP contribution in [0.3, 0.4) is 0 Å². The van der Waals surface area contributed by atoms with Crippen LogP contribution in [0.2, 0.25) is 0 Å². The highest BCUT2D eigenvalue weighted by Gasteiger charge is 2.22. The summed E-state index contributed by atoms with van der Waals surface area (Å²) < 4.78 is 5.59. The van der Waals surface area contributed by atoms with Gasteiger partial charge in [0.1, 0.15) is 5.52 Å². The summed E-state index contributed by atoms with van der Waals surface area (Å²) in [5, 5.41) is 0. The van der Waals surface area contributed by atoms with Gasteiger partial charge in [0.25, 0.3) is 0 Å². The highest BCUT2D eigenvalue weighted by molar-refractivity contribution is 5.91. The normalized spacial score (nSPS) is 15.6. The first kappa shape index (κ1) is 19.1. The van der Waals surface area contributed by atoms with Gasteiger partial charge in [-0.05, 0) is 26.0 Å². The molecule has 0 aliphatic carbocycles. The number of likely N-dealkylation sites (N-methyl/N-ethyl adjacent to an activating group) is 1. The van der Waals surface area contributed by atoms with E-state index in [9.17, 15) is 9.59 Å². The second kappa shape index (κ2) is 8.81. The topological polar surface area (TPSA) is 69.9 Å². The lowest BCUT2D eigenvalue weighted by atomic mass is 10.3. The predicted octanol–water partition coefficient (Wildman–Crippen LogP) is 1.85. The zero-order valence-corrected chi connectivity index (χ0v) is 15.9. The molecule has 7 nitrogen and oxygen atoms in total. The smallest absolute Gasteiger partial charge is 0.246 e. The summed E-state index contributed by atoms with van der Waals surface area (Å²) in [5.74, 6) is 0.510. The van der Waals surface area contributed by atoms with E-state index in [-0.39, 0.29) is 11.8 Å².